The lowest BCUT2D eigenvalue weighted by Gasteiger charge is -2.25. The normalized spacial score (nSPS) is 26.3. The van der Waals surface area contributed by atoms with Crippen LogP contribution in [0.25, 0.3) is 5.57 Å². The number of fused-ring (bicyclic) bond motifs is 1. The summed E-state index contributed by atoms with van der Waals surface area (Å²) in [5.41, 5.74) is 3.98. The molecule has 2 aliphatic rings. The van der Waals surface area contributed by atoms with Gasteiger partial charge in [-0.05, 0) is 55.9 Å². The van der Waals surface area contributed by atoms with Crippen molar-refractivity contribution in [1.29, 1.82) is 5.26 Å². The van der Waals surface area contributed by atoms with Gasteiger partial charge in [-0.1, -0.05) is 6.08 Å². The highest BCUT2D eigenvalue weighted by Crippen LogP contribution is 2.36. The third kappa shape index (κ3) is 1.93. The molecule has 18 heavy (non-hydrogen) atoms. The molecule has 1 aliphatic carbocycles. The van der Waals surface area contributed by atoms with Gasteiger partial charge in [-0.25, -0.2) is 0 Å². The first-order chi connectivity index (χ1) is 8.78. The average molecular weight is 239 g/mol. The van der Waals surface area contributed by atoms with E-state index >= 15 is 0 Å². The Labute approximate surface area is 108 Å². The minimum atomic E-state index is 0.598. The number of piperidine rings is 1. The fraction of sp³-hybridized carbons (Fsp3) is 0.467. The van der Waals surface area contributed by atoms with Crippen molar-refractivity contribution in [3.63, 3.8) is 0 Å². The third-order valence-electron chi connectivity index (χ3n) is 4.07. The maximum absolute atomic E-state index is 9.07. The van der Waals surface area contributed by atoms with E-state index in [-0.39, 0.29) is 0 Å². The van der Waals surface area contributed by atoms with Crippen LogP contribution in [0.5, 0.6) is 0 Å². The van der Waals surface area contributed by atoms with Crippen molar-refractivity contribution >= 4 is 5.57 Å². The molecule has 0 aromatic carbocycles. The maximum atomic E-state index is 9.07. The lowest BCUT2D eigenvalue weighted by Crippen LogP contribution is -2.37. The summed E-state index contributed by atoms with van der Waals surface area (Å²) in [6.45, 7) is 3.02. The molecule has 92 valence electrons. The lowest BCUT2D eigenvalue weighted by molar-refractivity contribution is 0.348. The molecule has 2 atom stereocenters. The van der Waals surface area contributed by atoms with Crippen molar-refractivity contribution in [2.45, 2.75) is 32.2 Å². The summed E-state index contributed by atoms with van der Waals surface area (Å²) in [4.78, 5) is 4.33. The van der Waals surface area contributed by atoms with E-state index in [1.54, 1.807) is 0 Å². The van der Waals surface area contributed by atoms with E-state index in [4.69, 9.17) is 5.26 Å². The zero-order valence-corrected chi connectivity index (χ0v) is 10.6. The molecular weight excluding hydrogens is 222 g/mol. The molecular formula is C15H17N3. The molecule has 1 aliphatic heterocycles. The smallest absolute Gasteiger partial charge is 0.101 e. The highest BCUT2D eigenvalue weighted by molar-refractivity contribution is 5.69. The Hall–Kier alpha value is -1.66. The van der Waals surface area contributed by atoms with E-state index in [9.17, 15) is 0 Å². The third-order valence-corrected chi connectivity index (χ3v) is 4.07. The number of nitriles is 1. The first-order valence-corrected chi connectivity index (χ1v) is 6.59. The van der Waals surface area contributed by atoms with Crippen LogP contribution in [0.3, 0.4) is 0 Å². The fourth-order valence-corrected chi connectivity index (χ4v) is 3.00. The van der Waals surface area contributed by atoms with Crippen molar-refractivity contribution < 1.29 is 0 Å². The van der Waals surface area contributed by atoms with Gasteiger partial charge in [-0.15, -0.1) is 0 Å². The molecule has 1 aromatic heterocycles. The number of nitrogens with one attached hydrogen (secondary N) is 1. The van der Waals surface area contributed by atoms with Gasteiger partial charge in [0.15, 0.2) is 0 Å². The summed E-state index contributed by atoms with van der Waals surface area (Å²) < 4.78 is 0. The second kappa shape index (κ2) is 4.55. The van der Waals surface area contributed by atoms with Gasteiger partial charge in [0.25, 0.3) is 0 Å². The summed E-state index contributed by atoms with van der Waals surface area (Å²) in [5, 5.41) is 12.7. The van der Waals surface area contributed by atoms with E-state index in [0.29, 0.717) is 17.5 Å². The van der Waals surface area contributed by atoms with E-state index in [1.807, 2.05) is 19.2 Å². The zero-order chi connectivity index (χ0) is 12.5. The van der Waals surface area contributed by atoms with Gasteiger partial charge in [0.2, 0.25) is 0 Å². The van der Waals surface area contributed by atoms with Crippen molar-refractivity contribution in [2.75, 3.05) is 6.54 Å². The summed E-state index contributed by atoms with van der Waals surface area (Å²) in [6, 6.07) is 4.79. The average Bonchev–Trinajstić information content (AvgIpc) is 2.83. The standard InChI is InChI=1S/C15H17N3/c1-10-13(8-16)6-14(9-18-10)12-5-11-3-2-4-17-15(11)7-12/h5-6,9,11,15,17H,2-4,7H2,1H3. The number of aryl methyl sites for hydroxylation is 1. The number of hydrogen-bond acceptors (Lipinski definition) is 3. The Morgan fingerprint density at radius 1 is 1.50 bits per heavy atom. The van der Waals surface area contributed by atoms with Crippen LogP contribution < -0.4 is 5.32 Å². The van der Waals surface area contributed by atoms with Crippen LogP contribution >= 0.6 is 0 Å². The number of nitrogens with zero attached hydrogens (tertiary/aromatic N) is 2. The van der Waals surface area contributed by atoms with Gasteiger partial charge in [0, 0.05) is 12.2 Å². The van der Waals surface area contributed by atoms with Crippen LogP contribution in [0.2, 0.25) is 0 Å². The number of hydrogen-bond donors (Lipinski definition) is 1. The Bertz CT molecular complexity index is 539. The van der Waals surface area contributed by atoms with Crippen molar-refractivity contribution in [2.24, 2.45) is 5.92 Å². The summed E-state index contributed by atoms with van der Waals surface area (Å²) in [7, 11) is 0. The number of aromatic nitrogens is 1. The SMILES string of the molecule is Cc1ncc(C2=CC3CCCNC3C2)cc1C#N. The van der Waals surface area contributed by atoms with Gasteiger partial charge in [-0.2, -0.15) is 5.26 Å². The lowest BCUT2D eigenvalue weighted by atomic mass is 9.94. The molecule has 2 heterocycles. The molecule has 3 heteroatoms. The summed E-state index contributed by atoms with van der Waals surface area (Å²) in [5.74, 6) is 0.667. The van der Waals surface area contributed by atoms with Crippen LogP contribution in [-0.2, 0) is 0 Å². The Morgan fingerprint density at radius 2 is 2.39 bits per heavy atom. The Morgan fingerprint density at radius 3 is 3.17 bits per heavy atom. The molecule has 0 bridgehead atoms. The van der Waals surface area contributed by atoms with Gasteiger partial charge >= 0.3 is 0 Å². The molecule has 0 saturated carbocycles. The maximum Gasteiger partial charge on any atom is 0.101 e. The monoisotopic (exact) mass is 239 g/mol. The van der Waals surface area contributed by atoms with E-state index in [0.717, 1.165) is 24.2 Å². The van der Waals surface area contributed by atoms with Gasteiger partial charge < -0.3 is 5.32 Å². The quantitative estimate of drug-likeness (QED) is 0.818. The Balaban J connectivity index is 1.90. The van der Waals surface area contributed by atoms with Gasteiger partial charge in [0.05, 0.1) is 11.3 Å². The van der Waals surface area contributed by atoms with Crippen LogP contribution in [-0.4, -0.2) is 17.6 Å². The van der Waals surface area contributed by atoms with Crippen molar-refractivity contribution in [3.05, 3.63) is 35.2 Å². The topological polar surface area (TPSA) is 48.7 Å². The van der Waals surface area contributed by atoms with Gasteiger partial charge in [0.1, 0.15) is 6.07 Å². The van der Waals surface area contributed by atoms with Gasteiger partial charge in [-0.3, -0.25) is 4.98 Å². The van der Waals surface area contributed by atoms with Crippen LogP contribution in [0.4, 0.5) is 0 Å². The second-order valence-corrected chi connectivity index (χ2v) is 5.23. The number of rotatable bonds is 1. The molecule has 2 unspecified atom stereocenters. The molecule has 1 aromatic rings. The van der Waals surface area contributed by atoms with E-state index < -0.39 is 0 Å². The zero-order valence-electron chi connectivity index (χ0n) is 10.6. The van der Waals surface area contributed by atoms with Crippen molar-refractivity contribution in [1.82, 2.24) is 10.3 Å². The fourth-order valence-electron chi connectivity index (χ4n) is 3.00. The molecule has 1 N–H and O–H groups in total. The van der Waals surface area contributed by atoms with Crippen LogP contribution in [0, 0.1) is 24.2 Å². The molecule has 0 radical (unpaired) electrons. The largest absolute Gasteiger partial charge is 0.313 e. The molecule has 3 rings (SSSR count). The molecule has 3 nitrogen and oxygen atoms in total. The first-order valence-electron chi connectivity index (χ1n) is 6.59. The van der Waals surface area contributed by atoms with Crippen molar-refractivity contribution in [3.8, 4) is 6.07 Å². The Kier molecular flexibility index (Phi) is 2.89. The second-order valence-electron chi connectivity index (χ2n) is 5.23. The predicted molar refractivity (Wildman–Crippen MR) is 70.8 cm³/mol. The molecule has 1 saturated heterocycles. The van der Waals surface area contributed by atoms with E-state index in [2.05, 4.69) is 22.4 Å². The summed E-state index contributed by atoms with van der Waals surface area (Å²) in [6.07, 6.45) is 7.90. The minimum absolute atomic E-state index is 0.598. The first kappa shape index (κ1) is 11.4. The molecule has 0 spiro atoms. The molecule has 1 fully saturated rings. The predicted octanol–water partition coefficient (Wildman–Crippen LogP) is 2.42. The van der Waals surface area contributed by atoms with Crippen LogP contribution in [0.1, 0.15) is 36.1 Å². The van der Waals surface area contributed by atoms with E-state index in [1.165, 1.54) is 18.4 Å². The highest BCUT2D eigenvalue weighted by Gasteiger charge is 2.30. The minimum Gasteiger partial charge on any atom is -0.313 e. The summed E-state index contributed by atoms with van der Waals surface area (Å²) >= 11 is 0. The highest BCUT2D eigenvalue weighted by atomic mass is 14.9. The van der Waals surface area contributed by atoms with Crippen LogP contribution in [0.15, 0.2) is 18.3 Å². The molecule has 0 amide bonds. The number of pyridine rings is 1.